The maximum Gasteiger partial charge on any atom is 0.433 e. The van der Waals surface area contributed by atoms with Crippen LogP contribution < -0.4 is 10.2 Å². The number of hydrogen-bond acceptors (Lipinski definition) is 4. The largest absolute Gasteiger partial charge is 0.433 e. The number of aromatic nitrogens is 2. The van der Waals surface area contributed by atoms with Crippen LogP contribution in [-0.2, 0) is 19.1 Å². The summed E-state index contributed by atoms with van der Waals surface area (Å²) in [5, 5.41) is 3.06. The SMILES string of the molecule is FC(F)(F)c1nc(N2CCCC2)nc2c1CCNC2. The molecule has 1 aromatic rings. The maximum atomic E-state index is 13.1. The number of nitrogens with one attached hydrogen (secondary N) is 1. The van der Waals surface area contributed by atoms with Crippen LogP contribution in [0.1, 0.15) is 29.8 Å². The van der Waals surface area contributed by atoms with Gasteiger partial charge in [-0.15, -0.1) is 0 Å². The molecule has 0 radical (unpaired) electrons. The first-order valence-corrected chi connectivity index (χ1v) is 6.48. The van der Waals surface area contributed by atoms with Crippen molar-refractivity contribution in [3.63, 3.8) is 0 Å². The zero-order chi connectivity index (χ0) is 13.5. The Morgan fingerprint density at radius 1 is 1.11 bits per heavy atom. The van der Waals surface area contributed by atoms with Crippen molar-refractivity contribution in [1.82, 2.24) is 15.3 Å². The molecule has 3 rings (SSSR count). The average molecular weight is 272 g/mol. The summed E-state index contributed by atoms with van der Waals surface area (Å²) in [5.74, 6) is 0.229. The van der Waals surface area contributed by atoms with E-state index in [2.05, 4.69) is 15.3 Å². The van der Waals surface area contributed by atoms with E-state index in [1.165, 1.54) is 0 Å². The predicted octanol–water partition coefficient (Wildman–Crippen LogP) is 1.74. The number of rotatable bonds is 1. The lowest BCUT2D eigenvalue weighted by Gasteiger charge is -2.24. The Morgan fingerprint density at radius 3 is 2.53 bits per heavy atom. The molecular formula is C12H15F3N4. The van der Waals surface area contributed by atoms with Gasteiger partial charge in [-0.25, -0.2) is 9.97 Å². The molecule has 4 nitrogen and oxygen atoms in total. The molecular weight excluding hydrogens is 257 g/mol. The topological polar surface area (TPSA) is 41.1 Å². The van der Waals surface area contributed by atoms with Gasteiger partial charge in [-0.3, -0.25) is 0 Å². The highest BCUT2D eigenvalue weighted by atomic mass is 19.4. The molecule has 0 amide bonds. The number of alkyl halides is 3. The van der Waals surface area contributed by atoms with E-state index in [-0.39, 0.29) is 11.5 Å². The Kier molecular flexibility index (Phi) is 3.08. The number of fused-ring (bicyclic) bond motifs is 1. The molecule has 1 N–H and O–H groups in total. The second-order valence-electron chi connectivity index (χ2n) is 4.92. The lowest BCUT2D eigenvalue weighted by atomic mass is 10.0. The van der Waals surface area contributed by atoms with Gasteiger partial charge in [0, 0.05) is 25.2 Å². The summed E-state index contributed by atoms with van der Waals surface area (Å²) < 4.78 is 39.3. The highest BCUT2D eigenvalue weighted by Gasteiger charge is 2.38. The van der Waals surface area contributed by atoms with Gasteiger partial charge in [0.05, 0.1) is 5.69 Å². The number of nitrogens with zero attached hydrogens (tertiary/aromatic N) is 3. The minimum Gasteiger partial charge on any atom is -0.341 e. The lowest BCUT2D eigenvalue weighted by Crippen LogP contribution is -2.31. The summed E-state index contributed by atoms with van der Waals surface area (Å²) in [6.45, 7) is 2.41. The molecule has 7 heteroatoms. The quantitative estimate of drug-likeness (QED) is 0.845. The van der Waals surface area contributed by atoms with Crippen LogP contribution in [0.25, 0.3) is 0 Å². The Hall–Kier alpha value is -1.37. The van der Waals surface area contributed by atoms with Crippen molar-refractivity contribution >= 4 is 5.95 Å². The van der Waals surface area contributed by atoms with E-state index < -0.39 is 11.9 Å². The first-order chi connectivity index (χ1) is 9.05. The molecule has 0 aromatic carbocycles. The van der Waals surface area contributed by atoms with Crippen LogP contribution in [0.4, 0.5) is 19.1 Å². The Labute approximate surface area is 109 Å². The first-order valence-electron chi connectivity index (χ1n) is 6.48. The second-order valence-corrected chi connectivity index (χ2v) is 4.92. The molecule has 0 unspecified atom stereocenters. The molecule has 0 bridgehead atoms. The van der Waals surface area contributed by atoms with Gasteiger partial charge in [0.1, 0.15) is 0 Å². The van der Waals surface area contributed by atoms with Gasteiger partial charge in [-0.05, 0) is 25.8 Å². The molecule has 1 saturated heterocycles. The standard InChI is InChI=1S/C12H15F3N4/c13-12(14,15)10-8-3-4-16-7-9(8)17-11(18-10)19-5-1-2-6-19/h16H,1-7H2. The van der Waals surface area contributed by atoms with Crippen molar-refractivity contribution in [3.8, 4) is 0 Å². The van der Waals surface area contributed by atoms with E-state index in [0.717, 1.165) is 25.9 Å². The minimum absolute atomic E-state index is 0.229. The molecule has 3 heterocycles. The molecule has 0 saturated carbocycles. The number of anilines is 1. The van der Waals surface area contributed by atoms with Gasteiger partial charge in [-0.1, -0.05) is 0 Å². The normalized spacial score (nSPS) is 19.6. The van der Waals surface area contributed by atoms with E-state index >= 15 is 0 Å². The fourth-order valence-electron chi connectivity index (χ4n) is 2.64. The van der Waals surface area contributed by atoms with E-state index in [0.29, 0.717) is 25.2 Å². The van der Waals surface area contributed by atoms with Gasteiger partial charge < -0.3 is 10.2 Å². The Bertz CT molecular complexity index is 481. The highest BCUT2D eigenvalue weighted by Crippen LogP contribution is 2.34. The summed E-state index contributed by atoms with van der Waals surface area (Å²) >= 11 is 0. The molecule has 0 atom stereocenters. The third kappa shape index (κ3) is 2.39. The van der Waals surface area contributed by atoms with Crippen LogP contribution in [0, 0.1) is 0 Å². The van der Waals surface area contributed by atoms with Crippen molar-refractivity contribution < 1.29 is 13.2 Å². The second kappa shape index (κ2) is 4.63. The lowest BCUT2D eigenvalue weighted by molar-refractivity contribution is -0.142. The molecule has 1 fully saturated rings. The molecule has 104 valence electrons. The third-order valence-corrected chi connectivity index (χ3v) is 3.58. The number of halogens is 3. The zero-order valence-electron chi connectivity index (χ0n) is 10.4. The highest BCUT2D eigenvalue weighted by molar-refractivity contribution is 5.40. The van der Waals surface area contributed by atoms with Crippen molar-refractivity contribution in [2.45, 2.75) is 32.0 Å². The first kappa shape index (κ1) is 12.7. The molecule has 2 aliphatic heterocycles. The minimum atomic E-state index is -4.40. The molecule has 0 spiro atoms. The molecule has 2 aliphatic rings. The van der Waals surface area contributed by atoms with Crippen LogP contribution in [-0.4, -0.2) is 29.6 Å². The van der Waals surface area contributed by atoms with Gasteiger partial charge in [-0.2, -0.15) is 13.2 Å². The van der Waals surface area contributed by atoms with Crippen LogP contribution in [0.2, 0.25) is 0 Å². The molecule has 0 aliphatic carbocycles. The summed E-state index contributed by atoms with van der Waals surface area (Å²) in [6, 6.07) is 0. The maximum absolute atomic E-state index is 13.1. The van der Waals surface area contributed by atoms with Crippen LogP contribution >= 0.6 is 0 Å². The molecule has 1 aromatic heterocycles. The monoisotopic (exact) mass is 272 g/mol. The Morgan fingerprint density at radius 2 is 1.84 bits per heavy atom. The summed E-state index contributed by atoms with van der Waals surface area (Å²) in [6.07, 6.45) is -2.09. The summed E-state index contributed by atoms with van der Waals surface area (Å²) in [7, 11) is 0. The van der Waals surface area contributed by atoms with E-state index in [1.807, 2.05) is 4.90 Å². The van der Waals surface area contributed by atoms with Crippen molar-refractivity contribution in [2.75, 3.05) is 24.5 Å². The number of hydrogen-bond donors (Lipinski definition) is 1. The average Bonchev–Trinajstić information content (AvgIpc) is 2.90. The van der Waals surface area contributed by atoms with Gasteiger partial charge >= 0.3 is 6.18 Å². The summed E-state index contributed by atoms with van der Waals surface area (Å²) in [4.78, 5) is 9.96. The van der Waals surface area contributed by atoms with E-state index in [9.17, 15) is 13.2 Å². The van der Waals surface area contributed by atoms with Crippen LogP contribution in [0.3, 0.4) is 0 Å². The molecule has 19 heavy (non-hydrogen) atoms. The van der Waals surface area contributed by atoms with Crippen LogP contribution in [0.5, 0.6) is 0 Å². The van der Waals surface area contributed by atoms with Crippen molar-refractivity contribution in [1.29, 1.82) is 0 Å². The van der Waals surface area contributed by atoms with E-state index in [4.69, 9.17) is 0 Å². The predicted molar refractivity (Wildman–Crippen MR) is 63.9 cm³/mol. The third-order valence-electron chi connectivity index (χ3n) is 3.58. The fourth-order valence-corrected chi connectivity index (χ4v) is 2.64. The zero-order valence-corrected chi connectivity index (χ0v) is 10.4. The van der Waals surface area contributed by atoms with Crippen LogP contribution in [0.15, 0.2) is 0 Å². The van der Waals surface area contributed by atoms with Gasteiger partial charge in [0.15, 0.2) is 5.69 Å². The Balaban J connectivity index is 2.07. The smallest absolute Gasteiger partial charge is 0.341 e. The fraction of sp³-hybridized carbons (Fsp3) is 0.667. The van der Waals surface area contributed by atoms with Gasteiger partial charge in [0.2, 0.25) is 5.95 Å². The summed E-state index contributed by atoms with van der Waals surface area (Å²) in [5.41, 5.74) is 0.00516. The van der Waals surface area contributed by atoms with E-state index in [1.54, 1.807) is 0 Å². The van der Waals surface area contributed by atoms with Gasteiger partial charge in [0.25, 0.3) is 0 Å². The van der Waals surface area contributed by atoms with Crippen molar-refractivity contribution in [2.24, 2.45) is 0 Å². The van der Waals surface area contributed by atoms with Crippen molar-refractivity contribution in [3.05, 3.63) is 17.0 Å².